The summed E-state index contributed by atoms with van der Waals surface area (Å²) in [5, 5.41) is 51.1. The highest BCUT2D eigenvalue weighted by Gasteiger charge is 2.54. The Morgan fingerprint density at radius 2 is 0.804 bits per heavy atom. The maximum absolute atomic E-state index is 13.1. The SMILES string of the molecule is CCCCCCCCCCCCCCCC(=O)C(=O)[C@@](O)(C(=O)CCCCCCCCCCCCCCC)[C@@H](O)[C@H](O)[C@H](O)CO. The molecule has 4 atom stereocenters. The smallest absolute Gasteiger partial charge is 0.240 e. The third-order valence-corrected chi connectivity index (χ3v) is 9.37. The normalized spacial score (nSPS) is 14.9. The molecule has 0 aromatic rings. The molecule has 0 fully saturated rings. The predicted molar refractivity (Wildman–Crippen MR) is 186 cm³/mol. The first-order valence-corrected chi connectivity index (χ1v) is 19.2. The number of aliphatic hydroxyl groups is 5. The molecule has 0 rings (SSSR count). The molecule has 0 aliphatic heterocycles. The Kier molecular flexibility index (Phi) is 29.1. The van der Waals surface area contributed by atoms with Crippen molar-refractivity contribution >= 4 is 17.3 Å². The monoisotopic (exact) mass is 657 g/mol. The minimum atomic E-state index is -3.17. The van der Waals surface area contributed by atoms with Crippen LogP contribution in [0.3, 0.4) is 0 Å². The highest BCUT2D eigenvalue weighted by Crippen LogP contribution is 2.24. The van der Waals surface area contributed by atoms with Crippen molar-refractivity contribution in [1.82, 2.24) is 0 Å². The van der Waals surface area contributed by atoms with Crippen LogP contribution in [0, 0.1) is 0 Å². The van der Waals surface area contributed by atoms with E-state index in [1.54, 1.807) is 0 Å². The number of ketones is 3. The number of rotatable bonds is 35. The second kappa shape index (κ2) is 29.9. The zero-order chi connectivity index (χ0) is 34.5. The fourth-order valence-corrected chi connectivity index (χ4v) is 6.11. The van der Waals surface area contributed by atoms with Crippen molar-refractivity contribution in [3.8, 4) is 0 Å². The summed E-state index contributed by atoms with van der Waals surface area (Å²) in [6, 6.07) is 0. The average molecular weight is 657 g/mol. The summed E-state index contributed by atoms with van der Waals surface area (Å²) >= 11 is 0. The van der Waals surface area contributed by atoms with Gasteiger partial charge in [-0.05, 0) is 12.8 Å². The van der Waals surface area contributed by atoms with Crippen molar-refractivity contribution in [2.75, 3.05) is 6.61 Å². The van der Waals surface area contributed by atoms with E-state index in [0.717, 1.165) is 44.9 Å². The Morgan fingerprint density at radius 1 is 0.500 bits per heavy atom. The molecule has 0 aliphatic carbocycles. The summed E-state index contributed by atoms with van der Waals surface area (Å²) in [6.45, 7) is 3.48. The Balaban J connectivity index is 4.58. The highest BCUT2D eigenvalue weighted by atomic mass is 16.4. The zero-order valence-electron chi connectivity index (χ0n) is 29.7. The van der Waals surface area contributed by atoms with Crippen LogP contribution in [0.1, 0.15) is 194 Å². The minimum Gasteiger partial charge on any atom is -0.394 e. The van der Waals surface area contributed by atoms with Crippen LogP contribution in [-0.4, -0.2) is 73.4 Å². The maximum atomic E-state index is 13.1. The third kappa shape index (κ3) is 20.2. The first-order valence-electron chi connectivity index (χ1n) is 19.2. The van der Waals surface area contributed by atoms with Gasteiger partial charge in [-0.25, -0.2) is 0 Å². The lowest BCUT2D eigenvalue weighted by Crippen LogP contribution is -2.63. The molecular weight excluding hydrogens is 584 g/mol. The Morgan fingerprint density at radius 3 is 1.13 bits per heavy atom. The molecule has 0 unspecified atom stereocenters. The van der Waals surface area contributed by atoms with Gasteiger partial charge in [-0.3, -0.25) is 14.4 Å². The van der Waals surface area contributed by atoms with E-state index in [0.29, 0.717) is 19.3 Å². The van der Waals surface area contributed by atoms with E-state index < -0.39 is 47.9 Å². The largest absolute Gasteiger partial charge is 0.394 e. The Hall–Kier alpha value is -1.19. The number of carbonyl (C=O) groups is 3. The molecule has 0 aromatic heterocycles. The summed E-state index contributed by atoms with van der Waals surface area (Å²) < 4.78 is 0. The van der Waals surface area contributed by atoms with Gasteiger partial charge in [-0.15, -0.1) is 0 Å². The summed E-state index contributed by atoms with van der Waals surface area (Å²) in [7, 11) is 0. The van der Waals surface area contributed by atoms with Gasteiger partial charge in [0.15, 0.2) is 5.78 Å². The van der Waals surface area contributed by atoms with E-state index >= 15 is 0 Å². The first-order chi connectivity index (χ1) is 22.2. The summed E-state index contributed by atoms with van der Waals surface area (Å²) in [6.07, 6.45) is 21.8. The van der Waals surface area contributed by atoms with Gasteiger partial charge < -0.3 is 25.5 Å². The van der Waals surface area contributed by atoms with Crippen LogP contribution >= 0.6 is 0 Å². The molecule has 0 saturated heterocycles. The standard InChI is InChI=1S/C38H72O8/c1-3-5-7-9-11-13-15-17-19-21-23-25-27-29-32(40)36(44)38(46,37(45)35(43)33(41)31-39)34(42)30-28-26-24-22-20-18-16-14-12-10-8-6-4-2/h33,35,37,39,41,43,45-46H,3-31H2,1-2H3/t33-,35-,37+,38+/m1/s1. The number of hydrogen-bond donors (Lipinski definition) is 5. The molecule has 0 spiro atoms. The lowest BCUT2D eigenvalue weighted by Gasteiger charge is -2.33. The van der Waals surface area contributed by atoms with Crippen LogP contribution in [0.2, 0.25) is 0 Å². The van der Waals surface area contributed by atoms with Crippen LogP contribution in [-0.2, 0) is 14.4 Å². The lowest BCUT2D eigenvalue weighted by molar-refractivity contribution is -0.183. The topological polar surface area (TPSA) is 152 Å². The molecule has 0 radical (unpaired) electrons. The van der Waals surface area contributed by atoms with Crippen LogP contribution in [0.15, 0.2) is 0 Å². The summed E-state index contributed by atoms with van der Waals surface area (Å²) in [5.41, 5.74) is -3.17. The van der Waals surface area contributed by atoms with Gasteiger partial charge in [0.2, 0.25) is 17.2 Å². The quantitative estimate of drug-likeness (QED) is 0.0268. The molecule has 0 bridgehead atoms. The third-order valence-electron chi connectivity index (χ3n) is 9.37. The van der Waals surface area contributed by atoms with E-state index in [1.807, 2.05) is 0 Å². The van der Waals surface area contributed by atoms with Gasteiger partial charge in [0, 0.05) is 12.8 Å². The van der Waals surface area contributed by atoms with Crippen molar-refractivity contribution in [2.45, 2.75) is 218 Å². The van der Waals surface area contributed by atoms with Crippen molar-refractivity contribution in [2.24, 2.45) is 0 Å². The van der Waals surface area contributed by atoms with E-state index in [1.165, 1.54) is 103 Å². The molecule has 46 heavy (non-hydrogen) atoms. The van der Waals surface area contributed by atoms with E-state index in [2.05, 4.69) is 13.8 Å². The van der Waals surface area contributed by atoms with Gasteiger partial charge >= 0.3 is 0 Å². The van der Waals surface area contributed by atoms with Gasteiger partial charge in [0.05, 0.1) is 6.61 Å². The van der Waals surface area contributed by atoms with Crippen LogP contribution in [0.5, 0.6) is 0 Å². The zero-order valence-corrected chi connectivity index (χ0v) is 29.7. The van der Waals surface area contributed by atoms with Crippen LogP contribution in [0.4, 0.5) is 0 Å². The first kappa shape index (κ1) is 44.8. The number of unbranched alkanes of at least 4 members (excludes halogenated alkanes) is 24. The summed E-state index contributed by atoms with van der Waals surface area (Å²) in [5.74, 6) is -3.48. The van der Waals surface area contributed by atoms with Gasteiger partial charge in [-0.1, -0.05) is 168 Å². The van der Waals surface area contributed by atoms with Gasteiger partial charge in [-0.2, -0.15) is 0 Å². The fraction of sp³-hybridized carbons (Fsp3) is 0.921. The molecule has 8 heteroatoms. The molecule has 5 N–H and O–H groups in total. The van der Waals surface area contributed by atoms with Gasteiger partial charge in [0.1, 0.15) is 18.3 Å². The van der Waals surface area contributed by atoms with Crippen molar-refractivity contribution in [3.05, 3.63) is 0 Å². The second-order valence-electron chi connectivity index (χ2n) is 13.6. The molecular formula is C38H72O8. The second-order valence-corrected chi connectivity index (χ2v) is 13.6. The lowest BCUT2D eigenvalue weighted by atomic mass is 9.79. The number of hydrogen-bond acceptors (Lipinski definition) is 8. The number of aliphatic hydroxyl groups excluding tert-OH is 4. The average Bonchev–Trinajstić information content (AvgIpc) is 3.06. The van der Waals surface area contributed by atoms with Crippen molar-refractivity contribution in [1.29, 1.82) is 0 Å². The molecule has 272 valence electrons. The van der Waals surface area contributed by atoms with Crippen LogP contribution < -0.4 is 0 Å². The molecule has 0 amide bonds. The molecule has 0 heterocycles. The number of Topliss-reactive ketones (excluding diaryl/α,β-unsaturated/α-hetero) is 3. The van der Waals surface area contributed by atoms with E-state index in [-0.39, 0.29) is 12.8 Å². The Labute approximate surface area is 281 Å². The molecule has 0 saturated carbocycles. The van der Waals surface area contributed by atoms with E-state index in [4.69, 9.17) is 0 Å². The maximum Gasteiger partial charge on any atom is 0.240 e. The van der Waals surface area contributed by atoms with E-state index in [9.17, 15) is 39.9 Å². The predicted octanol–water partition coefficient (Wildman–Crippen LogP) is 7.46. The highest BCUT2D eigenvalue weighted by molar-refractivity contribution is 6.45. The van der Waals surface area contributed by atoms with Crippen LogP contribution in [0.25, 0.3) is 0 Å². The van der Waals surface area contributed by atoms with Crippen molar-refractivity contribution in [3.63, 3.8) is 0 Å². The molecule has 0 aliphatic rings. The molecule has 0 aromatic carbocycles. The Bertz CT molecular complexity index is 757. The van der Waals surface area contributed by atoms with Crippen molar-refractivity contribution < 1.29 is 39.9 Å². The fourth-order valence-electron chi connectivity index (χ4n) is 6.11. The summed E-state index contributed by atoms with van der Waals surface area (Å²) in [4.78, 5) is 39.0. The van der Waals surface area contributed by atoms with Gasteiger partial charge in [0.25, 0.3) is 0 Å². The molecule has 8 nitrogen and oxygen atoms in total. The minimum absolute atomic E-state index is 0.170. The number of carbonyl (C=O) groups excluding carboxylic acids is 3.